The van der Waals surface area contributed by atoms with E-state index in [2.05, 4.69) is 22.6 Å². The van der Waals surface area contributed by atoms with Crippen LogP contribution < -0.4 is 0 Å². The van der Waals surface area contributed by atoms with Crippen molar-refractivity contribution < 1.29 is 14.7 Å². The summed E-state index contributed by atoms with van der Waals surface area (Å²) in [6, 6.07) is 7.47. The van der Waals surface area contributed by atoms with Crippen molar-refractivity contribution in [1.82, 2.24) is 4.90 Å². The zero-order chi connectivity index (χ0) is 14.0. The van der Waals surface area contributed by atoms with Crippen LogP contribution >= 0.6 is 22.6 Å². The van der Waals surface area contributed by atoms with E-state index in [1.165, 1.54) is 0 Å². The van der Waals surface area contributed by atoms with Gasteiger partial charge in [0.15, 0.2) is 0 Å². The monoisotopic (exact) mass is 373 g/mol. The van der Waals surface area contributed by atoms with Crippen LogP contribution in [0.1, 0.15) is 23.7 Å². The normalized spacial score (nSPS) is 23.2. The maximum atomic E-state index is 12.3. The third-order valence-corrected chi connectivity index (χ3v) is 4.25. The number of piperidine rings is 1. The van der Waals surface area contributed by atoms with Gasteiger partial charge in [-0.3, -0.25) is 9.59 Å². The Morgan fingerprint density at radius 1 is 1.42 bits per heavy atom. The van der Waals surface area contributed by atoms with Crippen molar-refractivity contribution in [2.45, 2.75) is 13.3 Å². The molecule has 0 bridgehead atoms. The molecule has 0 spiro atoms. The second-order valence-electron chi connectivity index (χ2n) is 4.97. The molecule has 0 saturated carbocycles. The number of benzene rings is 1. The maximum absolute atomic E-state index is 12.3. The summed E-state index contributed by atoms with van der Waals surface area (Å²) >= 11 is 2.18. The molecule has 1 heterocycles. The molecule has 1 aliphatic rings. The van der Waals surface area contributed by atoms with Crippen molar-refractivity contribution in [3.8, 4) is 0 Å². The number of aliphatic carboxylic acids is 1. The first kappa shape index (κ1) is 14.3. The van der Waals surface area contributed by atoms with Gasteiger partial charge in [0.1, 0.15) is 0 Å². The first-order chi connectivity index (χ1) is 8.99. The summed E-state index contributed by atoms with van der Waals surface area (Å²) in [5.41, 5.74) is 0.674. The number of carboxylic acids is 1. The lowest BCUT2D eigenvalue weighted by Gasteiger charge is -2.35. The van der Waals surface area contributed by atoms with Crippen molar-refractivity contribution in [2.75, 3.05) is 13.1 Å². The van der Waals surface area contributed by atoms with E-state index >= 15 is 0 Å². The van der Waals surface area contributed by atoms with Gasteiger partial charge in [0.05, 0.1) is 5.92 Å². The Kier molecular flexibility index (Phi) is 4.44. The molecule has 1 aromatic rings. The van der Waals surface area contributed by atoms with Gasteiger partial charge in [-0.2, -0.15) is 0 Å². The molecule has 0 radical (unpaired) electrons. The summed E-state index contributed by atoms with van der Waals surface area (Å²) in [7, 11) is 0. The first-order valence-corrected chi connectivity index (χ1v) is 7.34. The number of carbonyl (C=O) groups is 2. The van der Waals surface area contributed by atoms with Crippen LogP contribution in [0.25, 0.3) is 0 Å². The van der Waals surface area contributed by atoms with Gasteiger partial charge in [0.25, 0.3) is 5.91 Å². The molecule has 0 aromatic heterocycles. The summed E-state index contributed by atoms with van der Waals surface area (Å²) in [6.07, 6.45) is 0.534. The van der Waals surface area contributed by atoms with Crippen LogP contribution in [0.5, 0.6) is 0 Å². The van der Waals surface area contributed by atoms with Crippen molar-refractivity contribution in [1.29, 1.82) is 0 Å². The SMILES string of the molecule is CC1CN(C(=O)c2cccc(I)c2)CCC1C(=O)O. The van der Waals surface area contributed by atoms with E-state index in [-0.39, 0.29) is 17.7 Å². The smallest absolute Gasteiger partial charge is 0.306 e. The number of hydrogen-bond donors (Lipinski definition) is 1. The van der Waals surface area contributed by atoms with Gasteiger partial charge in [-0.05, 0) is 53.1 Å². The molecule has 2 rings (SSSR count). The first-order valence-electron chi connectivity index (χ1n) is 6.26. The number of rotatable bonds is 2. The second kappa shape index (κ2) is 5.90. The molecule has 1 amide bonds. The molecule has 2 atom stereocenters. The quantitative estimate of drug-likeness (QED) is 0.811. The lowest BCUT2D eigenvalue weighted by atomic mass is 9.87. The van der Waals surface area contributed by atoms with Crippen LogP contribution in [-0.2, 0) is 4.79 Å². The van der Waals surface area contributed by atoms with Crippen LogP contribution in [0.3, 0.4) is 0 Å². The molecule has 1 N–H and O–H groups in total. The molecular weight excluding hydrogens is 357 g/mol. The number of carbonyl (C=O) groups excluding carboxylic acids is 1. The molecule has 19 heavy (non-hydrogen) atoms. The molecule has 0 aliphatic carbocycles. The Labute approximate surface area is 125 Å². The van der Waals surface area contributed by atoms with Crippen LogP contribution in [-0.4, -0.2) is 35.0 Å². The fraction of sp³-hybridized carbons (Fsp3) is 0.429. The summed E-state index contributed by atoms with van der Waals surface area (Å²) < 4.78 is 1.02. The van der Waals surface area contributed by atoms with E-state index in [9.17, 15) is 9.59 Å². The average Bonchev–Trinajstić information content (AvgIpc) is 2.37. The number of amides is 1. The Morgan fingerprint density at radius 2 is 2.16 bits per heavy atom. The largest absolute Gasteiger partial charge is 0.481 e. The van der Waals surface area contributed by atoms with E-state index < -0.39 is 5.97 Å². The Hall–Kier alpha value is -1.11. The summed E-state index contributed by atoms with van der Waals surface area (Å²) in [5, 5.41) is 9.08. The van der Waals surface area contributed by atoms with Crippen LogP contribution in [0, 0.1) is 15.4 Å². The van der Waals surface area contributed by atoms with Crippen molar-refractivity contribution in [3.05, 3.63) is 33.4 Å². The highest BCUT2D eigenvalue weighted by atomic mass is 127. The highest BCUT2D eigenvalue weighted by Crippen LogP contribution is 2.24. The summed E-state index contributed by atoms with van der Waals surface area (Å²) in [6.45, 7) is 2.93. The number of halogens is 1. The van der Waals surface area contributed by atoms with Gasteiger partial charge < -0.3 is 10.0 Å². The Balaban J connectivity index is 2.08. The zero-order valence-electron chi connectivity index (χ0n) is 10.7. The molecule has 1 saturated heterocycles. The minimum Gasteiger partial charge on any atom is -0.481 e. The maximum Gasteiger partial charge on any atom is 0.306 e. The fourth-order valence-corrected chi connectivity index (χ4v) is 3.04. The van der Waals surface area contributed by atoms with Crippen molar-refractivity contribution in [3.63, 3.8) is 0 Å². The highest BCUT2D eigenvalue weighted by molar-refractivity contribution is 14.1. The average molecular weight is 373 g/mol. The lowest BCUT2D eigenvalue weighted by molar-refractivity contribution is -0.145. The molecule has 5 heteroatoms. The third kappa shape index (κ3) is 3.26. The summed E-state index contributed by atoms with van der Waals surface area (Å²) in [4.78, 5) is 25.2. The molecule has 1 aromatic carbocycles. The van der Waals surface area contributed by atoms with Gasteiger partial charge in [0, 0.05) is 22.2 Å². The molecule has 2 unspecified atom stereocenters. The van der Waals surface area contributed by atoms with Gasteiger partial charge in [-0.25, -0.2) is 0 Å². The lowest BCUT2D eigenvalue weighted by Crippen LogP contribution is -2.45. The van der Waals surface area contributed by atoms with Crippen LogP contribution in [0.4, 0.5) is 0 Å². The molecule has 4 nitrogen and oxygen atoms in total. The Morgan fingerprint density at radius 3 is 2.74 bits per heavy atom. The number of hydrogen-bond acceptors (Lipinski definition) is 2. The van der Waals surface area contributed by atoms with E-state index in [0.717, 1.165) is 3.57 Å². The van der Waals surface area contributed by atoms with Gasteiger partial charge in [-0.1, -0.05) is 13.0 Å². The number of nitrogens with zero attached hydrogens (tertiary/aromatic N) is 1. The molecule has 1 fully saturated rings. The summed E-state index contributed by atoms with van der Waals surface area (Å²) in [5.74, 6) is -1.10. The van der Waals surface area contributed by atoms with Gasteiger partial charge in [0.2, 0.25) is 0 Å². The minimum atomic E-state index is -0.756. The zero-order valence-corrected chi connectivity index (χ0v) is 12.8. The molecule has 1 aliphatic heterocycles. The minimum absolute atomic E-state index is 0.00187. The van der Waals surface area contributed by atoms with E-state index in [1.807, 2.05) is 25.1 Å². The number of carboxylic acid groups (broad SMARTS) is 1. The molecule has 102 valence electrons. The standard InChI is InChI=1S/C14H16INO3/c1-9-8-16(6-5-12(9)14(18)19)13(17)10-3-2-4-11(15)7-10/h2-4,7,9,12H,5-6,8H2,1H3,(H,18,19). The second-order valence-corrected chi connectivity index (χ2v) is 6.22. The van der Waals surface area contributed by atoms with Crippen molar-refractivity contribution in [2.24, 2.45) is 11.8 Å². The molecular formula is C14H16INO3. The predicted octanol–water partition coefficient (Wildman–Crippen LogP) is 2.47. The van der Waals surface area contributed by atoms with E-state index in [0.29, 0.717) is 25.1 Å². The van der Waals surface area contributed by atoms with Gasteiger partial charge in [-0.15, -0.1) is 0 Å². The predicted molar refractivity (Wildman–Crippen MR) is 80.0 cm³/mol. The van der Waals surface area contributed by atoms with Crippen LogP contribution in [0.2, 0.25) is 0 Å². The topological polar surface area (TPSA) is 57.6 Å². The van der Waals surface area contributed by atoms with Crippen LogP contribution in [0.15, 0.2) is 24.3 Å². The fourth-order valence-electron chi connectivity index (χ4n) is 2.50. The number of likely N-dealkylation sites (tertiary alicyclic amines) is 1. The Bertz CT molecular complexity index is 503. The third-order valence-electron chi connectivity index (χ3n) is 3.58. The van der Waals surface area contributed by atoms with Crippen molar-refractivity contribution >= 4 is 34.5 Å². The van der Waals surface area contributed by atoms with Gasteiger partial charge >= 0.3 is 5.97 Å². The highest BCUT2D eigenvalue weighted by Gasteiger charge is 2.33. The van der Waals surface area contributed by atoms with E-state index in [1.54, 1.807) is 11.0 Å². The van der Waals surface area contributed by atoms with E-state index in [4.69, 9.17) is 5.11 Å².